The van der Waals surface area contributed by atoms with Gasteiger partial charge >= 0.3 is 0 Å². The van der Waals surface area contributed by atoms with Crippen molar-refractivity contribution in [3.05, 3.63) is 52.0 Å². The number of methoxy groups -OCH3 is 2. The molecule has 2 aromatic rings. The Bertz CT molecular complexity index is 1190. The van der Waals surface area contributed by atoms with Crippen molar-refractivity contribution in [2.75, 3.05) is 37.9 Å². The van der Waals surface area contributed by atoms with Gasteiger partial charge in [0.1, 0.15) is 24.1 Å². The minimum Gasteiger partial charge on any atom is -0.497 e. The van der Waals surface area contributed by atoms with E-state index in [2.05, 4.69) is 5.32 Å². The lowest BCUT2D eigenvalue weighted by Gasteiger charge is -2.33. The topological polar surface area (TPSA) is 105 Å². The highest BCUT2D eigenvalue weighted by Gasteiger charge is 2.32. The zero-order valence-electron chi connectivity index (χ0n) is 20.9. The zero-order valence-corrected chi connectivity index (χ0v) is 23.2. The third kappa shape index (κ3) is 7.41. The van der Waals surface area contributed by atoms with Crippen molar-refractivity contribution in [2.24, 2.45) is 0 Å². The number of likely N-dealkylation sites (N-methyl/N-ethyl adjacent to an activating group) is 1. The van der Waals surface area contributed by atoms with E-state index < -0.39 is 28.5 Å². The van der Waals surface area contributed by atoms with Gasteiger partial charge in [-0.25, -0.2) is 8.42 Å². The van der Waals surface area contributed by atoms with Gasteiger partial charge < -0.3 is 19.7 Å². The summed E-state index contributed by atoms with van der Waals surface area (Å²) in [5, 5.41) is 3.39. The minimum atomic E-state index is -3.92. The molecule has 0 aliphatic rings. The van der Waals surface area contributed by atoms with Gasteiger partial charge in [0.15, 0.2) is 0 Å². The molecule has 2 rings (SSSR count). The second kappa shape index (κ2) is 13.0. The molecule has 0 fully saturated rings. The lowest BCUT2D eigenvalue weighted by molar-refractivity contribution is -0.140. The molecular weight excluding hydrogens is 529 g/mol. The summed E-state index contributed by atoms with van der Waals surface area (Å²) < 4.78 is 37.1. The Balaban J connectivity index is 2.52. The van der Waals surface area contributed by atoms with E-state index >= 15 is 0 Å². The normalized spacial score (nSPS) is 12.0. The van der Waals surface area contributed by atoms with Crippen LogP contribution >= 0.6 is 23.2 Å². The number of hydrogen-bond acceptors (Lipinski definition) is 6. The van der Waals surface area contributed by atoms with E-state index in [4.69, 9.17) is 32.7 Å². The first-order valence-corrected chi connectivity index (χ1v) is 13.8. The van der Waals surface area contributed by atoms with Crippen LogP contribution in [0, 0.1) is 0 Å². The first-order chi connectivity index (χ1) is 17.0. The number of ether oxygens (including phenoxy) is 2. The maximum absolute atomic E-state index is 13.7. The Hall–Kier alpha value is -2.69. The van der Waals surface area contributed by atoms with Crippen LogP contribution in [-0.2, 0) is 26.2 Å². The Kier molecular flexibility index (Phi) is 10.7. The summed E-state index contributed by atoms with van der Waals surface area (Å²) in [6.45, 7) is 3.39. The molecular formula is C24H31Cl2N3O6S. The number of halogens is 2. The molecule has 2 amide bonds. The van der Waals surface area contributed by atoms with E-state index in [1.807, 2.05) is 0 Å². The Labute approximate surface area is 222 Å². The number of hydrogen-bond donors (Lipinski definition) is 1. The smallest absolute Gasteiger partial charge is 0.244 e. The van der Waals surface area contributed by atoms with Gasteiger partial charge in [-0.2, -0.15) is 0 Å². The van der Waals surface area contributed by atoms with Crippen molar-refractivity contribution in [1.82, 2.24) is 10.2 Å². The highest BCUT2D eigenvalue weighted by Crippen LogP contribution is 2.34. The molecule has 0 saturated heterocycles. The van der Waals surface area contributed by atoms with E-state index in [0.717, 1.165) is 10.6 Å². The molecule has 0 radical (unpaired) electrons. The molecule has 1 atom stereocenters. The average molecular weight is 561 g/mol. The summed E-state index contributed by atoms with van der Waals surface area (Å²) in [6, 6.07) is 8.64. The van der Waals surface area contributed by atoms with Gasteiger partial charge in [-0.3, -0.25) is 13.9 Å². The van der Waals surface area contributed by atoms with Crippen molar-refractivity contribution in [3.63, 3.8) is 0 Å². The molecule has 0 saturated carbocycles. The maximum atomic E-state index is 13.7. The molecule has 2 aromatic carbocycles. The van der Waals surface area contributed by atoms with Gasteiger partial charge in [0, 0.05) is 19.2 Å². The SMILES string of the molecule is CCNC(=O)[C@H](CC)N(Cc1ccc(Cl)c(Cl)c1)C(=O)CN(c1ccc(OC)cc1OC)S(C)(=O)=O. The summed E-state index contributed by atoms with van der Waals surface area (Å²) in [5.41, 5.74) is 0.795. The Morgan fingerprint density at radius 3 is 2.25 bits per heavy atom. The lowest BCUT2D eigenvalue weighted by Crippen LogP contribution is -2.52. The highest BCUT2D eigenvalue weighted by atomic mass is 35.5. The number of rotatable bonds is 12. The molecule has 198 valence electrons. The fourth-order valence-corrected chi connectivity index (χ4v) is 4.81. The van der Waals surface area contributed by atoms with Crippen LogP contribution in [0.25, 0.3) is 0 Å². The third-order valence-corrected chi connectivity index (χ3v) is 7.27. The van der Waals surface area contributed by atoms with Gasteiger partial charge in [0.2, 0.25) is 21.8 Å². The third-order valence-electron chi connectivity index (χ3n) is 5.41. The predicted octanol–water partition coefficient (Wildman–Crippen LogP) is 3.72. The van der Waals surface area contributed by atoms with Gasteiger partial charge in [0.25, 0.3) is 0 Å². The molecule has 0 heterocycles. The molecule has 1 N–H and O–H groups in total. The van der Waals surface area contributed by atoms with Crippen LogP contribution in [0.3, 0.4) is 0 Å². The number of benzene rings is 2. The van der Waals surface area contributed by atoms with Gasteiger partial charge in [-0.15, -0.1) is 0 Å². The van der Waals surface area contributed by atoms with Crippen molar-refractivity contribution in [3.8, 4) is 11.5 Å². The molecule has 0 aromatic heterocycles. The average Bonchev–Trinajstić information content (AvgIpc) is 2.83. The number of nitrogens with zero attached hydrogens (tertiary/aromatic N) is 2. The molecule has 0 unspecified atom stereocenters. The van der Waals surface area contributed by atoms with Gasteiger partial charge in [-0.1, -0.05) is 36.2 Å². The van der Waals surface area contributed by atoms with Crippen LogP contribution in [0.1, 0.15) is 25.8 Å². The lowest BCUT2D eigenvalue weighted by atomic mass is 10.1. The fraction of sp³-hybridized carbons (Fsp3) is 0.417. The number of carbonyl (C=O) groups is 2. The van der Waals surface area contributed by atoms with Gasteiger partial charge in [0.05, 0.1) is 36.2 Å². The van der Waals surface area contributed by atoms with Crippen LogP contribution in [-0.4, -0.2) is 64.7 Å². The molecule has 0 spiro atoms. The maximum Gasteiger partial charge on any atom is 0.244 e. The zero-order chi connectivity index (χ0) is 27.0. The van der Waals surface area contributed by atoms with E-state index in [-0.39, 0.29) is 23.9 Å². The summed E-state index contributed by atoms with van der Waals surface area (Å²) >= 11 is 12.2. The van der Waals surface area contributed by atoms with E-state index in [9.17, 15) is 18.0 Å². The van der Waals surface area contributed by atoms with E-state index in [1.54, 1.807) is 38.1 Å². The number of anilines is 1. The number of amides is 2. The largest absolute Gasteiger partial charge is 0.497 e. The van der Waals surface area contributed by atoms with Crippen molar-refractivity contribution in [2.45, 2.75) is 32.9 Å². The molecule has 0 aliphatic heterocycles. The Morgan fingerprint density at radius 1 is 1.03 bits per heavy atom. The predicted molar refractivity (Wildman–Crippen MR) is 142 cm³/mol. The van der Waals surface area contributed by atoms with Crippen LogP contribution in [0.5, 0.6) is 11.5 Å². The molecule has 36 heavy (non-hydrogen) atoms. The van der Waals surface area contributed by atoms with Crippen LogP contribution in [0.4, 0.5) is 5.69 Å². The number of nitrogens with one attached hydrogen (secondary N) is 1. The van der Waals surface area contributed by atoms with Crippen LogP contribution in [0.2, 0.25) is 10.0 Å². The highest BCUT2D eigenvalue weighted by molar-refractivity contribution is 7.92. The first kappa shape index (κ1) is 29.5. The summed E-state index contributed by atoms with van der Waals surface area (Å²) in [5.74, 6) is -0.262. The second-order valence-electron chi connectivity index (χ2n) is 7.90. The quantitative estimate of drug-likeness (QED) is 0.425. The van der Waals surface area contributed by atoms with E-state index in [0.29, 0.717) is 34.3 Å². The van der Waals surface area contributed by atoms with E-state index in [1.165, 1.54) is 31.3 Å². The van der Waals surface area contributed by atoms with Crippen LogP contribution in [0.15, 0.2) is 36.4 Å². The van der Waals surface area contributed by atoms with Crippen LogP contribution < -0.4 is 19.1 Å². The molecule has 0 aliphatic carbocycles. The number of sulfonamides is 1. The van der Waals surface area contributed by atoms with Crippen molar-refractivity contribution >= 4 is 50.7 Å². The molecule has 0 bridgehead atoms. The minimum absolute atomic E-state index is 0.0166. The van der Waals surface area contributed by atoms with Crippen molar-refractivity contribution < 1.29 is 27.5 Å². The monoisotopic (exact) mass is 559 g/mol. The molecule has 9 nitrogen and oxygen atoms in total. The first-order valence-electron chi connectivity index (χ1n) is 11.2. The summed E-state index contributed by atoms with van der Waals surface area (Å²) in [7, 11) is -1.06. The summed E-state index contributed by atoms with van der Waals surface area (Å²) in [4.78, 5) is 27.9. The standard InChI is InChI=1S/C24H31Cl2N3O6S/c1-6-20(24(31)27-7-2)28(14-16-8-10-18(25)19(26)12-16)23(30)15-29(36(5,32)33)21-11-9-17(34-3)13-22(21)35-4/h8-13,20H,6-7,14-15H2,1-5H3,(H,27,31)/t20-/m0/s1. The summed E-state index contributed by atoms with van der Waals surface area (Å²) in [6.07, 6.45) is 1.30. The number of carbonyl (C=O) groups excluding carboxylic acids is 2. The van der Waals surface area contributed by atoms with Crippen molar-refractivity contribution in [1.29, 1.82) is 0 Å². The molecule has 12 heteroatoms. The fourth-order valence-electron chi connectivity index (χ4n) is 3.63. The Morgan fingerprint density at radius 2 is 1.72 bits per heavy atom. The second-order valence-corrected chi connectivity index (χ2v) is 10.6. The van der Waals surface area contributed by atoms with Gasteiger partial charge in [-0.05, 0) is 43.2 Å².